The number of nitrogens with one attached hydrogen (secondary N) is 1. The number of H-pyrrole nitrogens is 1. The predicted molar refractivity (Wildman–Crippen MR) is 57.4 cm³/mol. The van der Waals surface area contributed by atoms with Crippen molar-refractivity contribution in [1.29, 1.82) is 0 Å². The third-order valence-corrected chi connectivity index (χ3v) is 4.39. The van der Waals surface area contributed by atoms with Crippen molar-refractivity contribution in [3.05, 3.63) is 12.5 Å². The number of sulfonamides is 1. The number of imidazole rings is 1. The maximum absolute atomic E-state index is 12.0. The van der Waals surface area contributed by atoms with Crippen molar-refractivity contribution in [3.8, 4) is 0 Å². The summed E-state index contributed by atoms with van der Waals surface area (Å²) in [5.41, 5.74) is 0. The summed E-state index contributed by atoms with van der Waals surface area (Å²) in [5.74, 6) is 0. The fraction of sp³-hybridized carbons (Fsp3) is 0.667. The number of rotatable bonds is 4. The summed E-state index contributed by atoms with van der Waals surface area (Å²) in [6, 6.07) is 0. The van der Waals surface area contributed by atoms with Crippen LogP contribution in [-0.2, 0) is 14.8 Å². The summed E-state index contributed by atoms with van der Waals surface area (Å²) in [4.78, 5) is 6.31. The normalized spacial score (nSPS) is 21.8. The van der Waals surface area contributed by atoms with Crippen molar-refractivity contribution in [2.24, 2.45) is 0 Å². The lowest BCUT2D eigenvalue weighted by molar-refractivity contribution is 0.0978. The Morgan fingerprint density at radius 2 is 2.50 bits per heavy atom. The van der Waals surface area contributed by atoms with E-state index in [0.29, 0.717) is 6.54 Å². The second-order valence-electron chi connectivity index (χ2n) is 3.84. The Labute approximate surface area is 94.7 Å². The van der Waals surface area contributed by atoms with Gasteiger partial charge in [-0.25, -0.2) is 13.4 Å². The van der Waals surface area contributed by atoms with Gasteiger partial charge in [0.05, 0.1) is 18.6 Å². The molecule has 16 heavy (non-hydrogen) atoms. The molecule has 1 atom stereocenters. The van der Waals surface area contributed by atoms with E-state index >= 15 is 0 Å². The molecular formula is C9H15N3O3S. The van der Waals surface area contributed by atoms with E-state index < -0.39 is 10.0 Å². The molecule has 1 fully saturated rings. The van der Waals surface area contributed by atoms with E-state index in [1.54, 1.807) is 7.05 Å². The Kier molecular flexibility index (Phi) is 3.27. The Balaban J connectivity index is 2.06. The molecule has 0 spiro atoms. The second kappa shape index (κ2) is 4.52. The van der Waals surface area contributed by atoms with E-state index in [-0.39, 0.29) is 11.1 Å². The molecule has 1 aliphatic heterocycles. The van der Waals surface area contributed by atoms with Gasteiger partial charge in [0.1, 0.15) is 0 Å². The Hall–Kier alpha value is -0.920. The molecule has 2 heterocycles. The van der Waals surface area contributed by atoms with Crippen molar-refractivity contribution in [1.82, 2.24) is 14.3 Å². The average molecular weight is 245 g/mol. The second-order valence-corrected chi connectivity index (χ2v) is 5.85. The van der Waals surface area contributed by atoms with Gasteiger partial charge in [-0.1, -0.05) is 0 Å². The summed E-state index contributed by atoms with van der Waals surface area (Å²) < 4.78 is 30.7. The molecule has 0 aromatic carbocycles. The molecule has 90 valence electrons. The van der Waals surface area contributed by atoms with E-state index in [9.17, 15) is 8.42 Å². The zero-order chi connectivity index (χ0) is 11.6. The average Bonchev–Trinajstić information content (AvgIpc) is 2.89. The lowest BCUT2D eigenvalue weighted by Crippen LogP contribution is -2.34. The number of aromatic amines is 1. The quantitative estimate of drug-likeness (QED) is 0.822. The highest BCUT2D eigenvalue weighted by Crippen LogP contribution is 2.16. The molecule has 0 aliphatic carbocycles. The molecule has 1 aromatic rings. The number of hydrogen-bond acceptors (Lipinski definition) is 4. The highest BCUT2D eigenvalue weighted by molar-refractivity contribution is 7.89. The molecule has 0 amide bonds. The lowest BCUT2D eigenvalue weighted by atomic mass is 10.2. The maximum Gasteiger partial charge on any atom is 0.259 e. The Bertz CT molecular complexity index is 423. The molecule has 0 saturated carbocycles. The van der Waals surface area contributed by atoms with Gasteiger partial charge in [-0.3, -0.25) is 0 Å². The molecule has 1 unspecified atom stereocenters. The molecule has 0 radical (unpaired) electrons. The minimum atomic E-state index is -3.45. The fourth-order valence-corrected chi connectivity index (χ4v) is 2.82. The lowest BCUT2D eigenvalue weighted by Gasteiger charge is -2.19. The first-order chi connectivity index (χ1) is 7.60. The van der Waals surface area contributed by atoms with Gasteiger partial charge in [0.25, 0.3) is 10.0 Å². The topological polar surface area (TPSA) is 75.3 Å². The van der Waals surface area contributed by atoms with Gasteiger partial charge >= 0.3 is 0 Å². The zero-order valence-corrected chi connectivity index (χ0v) is 9.90. The SMILES string of the molecule is CN(CC1CCCO1)S(=O)(=O)c1cnc[nH]1. The molecule has 6 nitrogen and oxygen atoms in total. The van der Waals surface area contributed by atoms with Gasteiger partial charge in [0.2, 0.25) is 0 Å². The Morgan fingerprint density at radius 1 is 1.69 bits per heavy atom. The van der Waals surface area contributed by atoms with E-state index in [1.807, 2.05) is 0 Å². The molecule has 2 rings (SSSR count). The number of hydrogen-bond donors (Lipinski definition) is 1. The van der Waals surface area contributed by atoms with Crippen LogP contribution in [0.15, 0.2) is 17.6 Å². The van der Waals surface area contributed by atoms with Crippen LogP contribution >= 0.6 is 0 Å². The first kappa shape index (κ1) is 11.6. The third kappa shape index (κ3) is 2.26. The Morgan fingerprint density at radius 3 is 3.06 bits per heavy atom. The third-order valence-electron chi connectivity index (χ3n) is 2.65. The van der Waals surface area contributed by atoms with Crippen LogP contribution in [0.2, 0.25) is 0 Å². The molecule has 1 aromatic heterocycles. The van der Waals surface area contributed by atoms with E-state index in [2.05, 4.69) is 9.97 Å². The van der Waals surface area contributed by atoms with Crippen LogP contribution in [0.3, 0.4) is 0 Å². The summed E-state index contributed by atoms with van der Waals surface area (Å²) in [6.07, 6.45) is 4.60. The minimum absolute atomic E-state index is 0.0164. The van der Waals surface area contributed by atoms with Crippen LogP contribution in [0, 0.1) is 0 Å². The summed E-state index contributed by atoms with van der Waals surface area (Å²) >= 11 is 0. The van der Waals surface area contributed by atoms with Crippen molar-refractivity contribution in [2.45, 2.75) is 24.0 Å². The van der Waals surface area contributed by atoms with Crippen LogP contribution < -0.4 is 0 Å². The number of aromatic nitrogens is 2. The van der Waals surface area contributed by atoms with Crippen molar-refractivity contribution in [2.75, 3.05) is 20.2 Å². The van der Waals surface area contributed by atoms with Crippen molar-refractivity contribution >= 4 is 10.0 Å². The van der Waals surface area contributed by atoms with Gasteiger partial charge in [-0.15, -0.1) is 0 Å². The molecule has 0 bridgehead atoms. The first-order valence-corrected chi connectivity index (χ1v) is 6.61. The van der Waals surface area contributed by atoms with Crippen molar-refractivity contribution < 1.29 is 13.2 Å². The molecule has 7 heteroatoms. The summed E-state index contributed by atoms with van der Waals surface area (Å²) in [5, 5.41) is 0.119. The molecule has 1 saturated heterocycles. The largest absolute Gasteiger partial charge is 0.377 e. The van der Waals surface area contributed by atoms with Gasteiger partial charge in [-0.2, -0.15) is 4.31 Å². The van der Waals surface area contributed by atoms with Gasteiger partial charge < -0.3 is 9.72 Å². The monoisotopic (exact) mass is 245 g/mol. The predicted octanol–water partition coefficient (Wildman–Crippen LogP) is 0.209. The smallest absolute Gasteiger partial charge is 0.259 e. The maximum atomic E-state index is 12.0. The highest BCUT2D eigenvalue weighted by Gasteiger charge is 2.26. The molecular weight excluding hydrogens is 230 g/mol. The zero-order valence-electron chi connectivity index (χ0n) is 9.09. The number of nitrogens with zero attached hydrogens (tertiary/aromatic N) is 2. The van der Waals surface area contributed by atoms with Gasteiger partial charge in [-0.05, 0) is 12.8 Å². The minimum Gasteiger partial charge on any atom is -0.377 e. The van der Waals surface area contributed by atoms with Gasteiger partial charge in [0, 0.05) is 20.2 Å². The van der Waals surface area contributed by atoms with E-state index in [4.69, 9.17) is 4.74 Å². The van der Waals surface area contributed by atoms with Crippen LogP contribution in [-0.4, -0.2) is 49.0 Å². The van der Waals surface area contributed by atoms with Crippen LogP contribution in [0.25, 0.3) is 0 Å². The number of likely N-dealkylation sites (N-methyl/N-ethyl adjacent to an activating group) is 1. The van der Waals surface area contributed by atoms with Crippen molar-refractivity contribution in [3.63, 3.8) is 0 Å². The standard InChI is InChI=1S/C9H15N3O3S/c1-12(6-8-3-2-4-15-8)16(13,14)9-5-10-7-11-9/h5,7-8H,2-4,6H2,1H3,(H,10,11). The first-order valence-electron chi connectivity index (χ1n) is 5.17. The van der Waals surface area contributed by atoms with Crippen LogP contribution in [0.1, 0.15) is 12.8 Å². The summed E-state index contributed by atoms with van der Waals surface area (Å²) in [7, 11) is -1.89. The molecule has 1 N–H and O–H groups in total. The highest BCUT2D eigenvalue weighted by atomic mass is 32.2. The van der Waals surface area contributed by atoms with E-state index in [1.165, 1.54) is 16.8 Å². The van der Waals surface area contributed by atoms with Crippen LogP contribution in [0.5, 0.6) is 0 Å². The van der Waals surface area contributed by atoms with Gasteiger partial charge in [0.15, 0.2) is 5.03 Å². The van der Waals surface area contributed by atoms with Crippen LogP contribution in [0.4, 0.5) is 0 Å². The number of ether oxygens (including phenoxy) is 1. The fourth-order valence-electron chi connectivity index (χ4n) is 1.73. The van der Waals surface area contributed by atoms with E-state index in [0.717, 1.165) is 19.4 Å². The molecule has 1 aliphatic rings. The summed E-state index contributed by atoms with van der Waals surface area (Å²) in [6.45, 7) is 1.12.